The Balaban J connectivity index is 0.00000261. The summed E-state index contributed by atoms with van der Waals surface area (Å²) in [5.74, 6) is 2.37. The van der Waals surface area contributed by atoms with Gasteiger partial charge < -0.3 is 15.7 Å². The van der Waals surface area contributed by atoms with Gasteiger partial charge in [0, 0.05) is 23.7 Å². The van der Waals surface area contributed by atoms with E-state index in [1.807, 2.05) is 36.7 Å². The van der Waals surface area contributed by atoms with Crippen LogP contribution in [-0.2, 0) is 6.54 Å². The third kappa shape index (κ3) is 5.55. The third-order valence-electron chi connectivity index (χ3n) is 4.32. The van der Waals surface area contributed by atoms with Gasteiger partial charge in [0.1, 0.15) is 17.8 Å². The molecule has 3 N–H and O–H groups in total. The number of guanidine groups is 1. The van der Waals surface area contributed by atoms with E-state index in [1.165, 1.54) is 0 Å². The zero-order valence-corrected chi connectivity index (χ0v) is 18.6. The topological polar surface area (TPSA) is 87.4 Å². The predicted octanol–water partition coefficient (Wildman–Crippen LogP) is 2.98. The molecule has 1 aromatic carbocycles. The van der Waals surface area contributed by atoms with Crippen LogP contribution in [0, 0.1) is 6.92 Å². The van der Waals surface area contributed by atoms with Crippen molar-refractivity contribution in [2.24, 2.45) is 4.99 Å². The van der Waals surface area contributed by atoms with Crippen LogP contribution in [0.1, 0.15) is 49.1 Å². The maximum atomic E-state index is 10.4. The SMILES string of the molecule is CCNC(=NCC(O)c1ccccc1Cl)NC1CCCn2nc(C)nc21.I. The number of aliphatic imine (C=N–C) groups is 1. The predicted molar refractivity (Wildman–Crippen MR) is 118 cm³/mol. The Labute approximate surface area is 181 Å². The van der Waals surface area contributed by atoms with Crippen LogP contribution in [0.3, 0.4) is 0 Å². The average Bonchev–Trinajstić information content (AvgIpc) is 3.01. The van der Waals surface area contributed by atoms with Gasteiger partial charge in [-0.1, -0.05) is 29.8 Å². The summed E-state index contributed by atoms with van der Waals surface area (Å²) in [6, 6.07) is 7.34. The summed E-state index contributed by atoms with van der Waals surface area (Å²) in [5.41, 5.74) is 0.682. The minimum Gasteiger partial charge on any atom is -0.386 e. The van der Waals surface area contributed by atoms with Crippen LogP contribution in [0.2, 0.25) is 5.02 Å². The van der Waals surface area contributed by atoms with Crippen molar-refractivity contribution in [1.29, 1.82) is 0 Å². The van der Waals surface area contributed by atoms with E-state index in [4.69, 9.17) is 11.6 Å². The van der Waals surface area contributed by atoms with E-state index in [0.29, 0.717) is 16.5 Å². The minimum absolute atomic E-state index is 0. The molecule has 2 atom stereocenters. The molecule has 3 rings (SSSR count). The Hall–Kier alpha value is -1.39. The highest BCUT2D eigenvalue weighted by atomic mass is 127. The van der Waals surface area contributed by atoms with E-state index in [2.05, 4.69) is 25.7 Å². The van der Waals surface area contributed by atoms with E-state index in [9.17, 15) is 5.11 Å². The zero-order chi connectivity index (χ0) is 18.5. The minimum atomic E-state index is -0.753. The Morgan fingerprint density at radius 1 is 1.44 bits per heavy atom. The number of aliphatic hydroxyl groups excluding tert-OH is 1. The van der Waals surface area contributed by atoms with Crippen molar-refractivity contribution in [3.8, 4) is 0 Å². The van der Waals surface area contributed by atoms with Gasteiger partial charge >= 0.3 is 0 Å². The Kier molecular flexibility index (Phi) is 8.30. The molecule has 2 aromatic rings. The number of halogens is 2. The van der Waals surface area contributed by atoms with Gasteiger partial charge in [-0.15, -0.1) is 24.0 Å². The lowest BCUT2D eigenvalue weighted by Crippen LogP contribution is -2.41. The maximum Gasteiger partial charge on any atom is 0.191 e. The van der Waals surface area contributed by atoms with Crippen molar-refractivity contribution in [3.05, 3.63) is 46.5 Å². The molecule has 0 bridgehead atoms. The number of hydrogen-bond acceptors (Lipinski definition) is 4. The molecule has 0 saturated carbocycles. The number of rotatable bonds is 5. The van der Waals surface area contributed by atoms with Crippen molar-refractivity contribution in [3.63, 3.8) is 0 Å². The molecular formula is C18H26ClIN6O. The monoisotopic (exact) mass is 504 g/mol. The van der Waals surface area contributed by atoms with Crippen LogP contribution in [0.5, 0.6) is 0 Å². The molecule has 0 fully saturated rings. The van der Waals surface area contributed by atoms with Crippen molar-refractivity contribution < 1.29 is 5.11 Å². The van der Waals surface area contributed by atoms with Gasteiger partial charge in [-0.2, -0.15) is 5.10 Å². The standard InChI is InChI=1S/C18H25ClN6O.HI/c1-3-20-18(21-11-16(26)13-7-4-5-8-14(13)19)23-15-9-6-10-25-17(15)22-12(2)24-25;/h4-5,7-8,15-16,26H,3,6,9-11H2,1-2H3,(H2,20,21,23);1H. The number of fused-ring (bicyclic) bond motifs is 1. The molecule has 0 spiro atoms. The van der Waals surface area contributed by atoms with E-state index in [0.717, 1.165) is 37.6 Å². The molecule has 1 aliphatic rings. The highest BCUT2D eigenvalue weighted by Gasteiger charge is 2.24. The van der Waals surface area contributed by atoms with Crippen molar-refractivity contribution in [2.75, 3.05) is 13.1 Å². The Bertz CT molecular complexity index is 781. The number of benzene rings is 1. The van der Waals surface area contributed by atoms with Crippen LogP contribution in [0.4, 0.5) is 0 Å². The maximum absolute atomic E-state index is 10.4. The first-order valence-corrected chi connectivity index (χ1v) is 9.35. The largest absolute Gasteiger partial charge is 0.386 e. The van der Waals surface area contributed by atoms with Crippen LogP contribution >= 0.6 is 35.6 Å². The molecule has 7 nitrogen and oxygen atoms in total. The van der Waals surface area contributed by atoms with Gasteiger partial charge in [-0.3, -0.25) is 4.99 Å². The molecule has 2 heterocycles. The highest BCUT2D eigenvalue weighted by Crippen LogP contribution is 2.24. The molecule has 0 amide bonds. The molecule has 148 valence electrons. The van der Waals surface area contributed by atoms with Gasteiger partial charge in [0.05, 0.1) is 12.6 Å². The Morgan fingerprint density at radius 2 is 2.22 bits per heavy atom. The number of nitrogens with zero attached hydrogens (tertiary/aromatic N) is 4. The first-order valence-electron chi connectivity index (χ1n) is 8.97. The second-order valence-corrected chi connectivity index (χ2v) is 6.74. The lowest BCUT2D eigenvalue weighted by Gasteiger charge is -2.25. The van der Waals surface area contributed by atoms with Crippen molar-refractivity contribution >= 4 is 41.5 Å². The molecular weight excluding hydrogens is 479 g/mol. The summed E-state index contributed by atoms with van der Waals surface area (Å²) in [5, 5.41) is 22.0. The molecule has 0 saturated heterocycles. The average molecular weight is 505 g/mol. The van der Waals surface area contributed by atoms with Crippen LogP contribution in [-0.4, -0.2) is 38.9 Å². The molecule has 0 radical (unpaired) electrons. The zero-order valence-electron chi connectivity index (χ0n) is 15.5. The van der Waals surface area contributed by atoms with Crippen LogP contribution < -0.4 is 10.6 Å². The molecule has 0 aliphatic carbocycles. The fraction of sp³-hybridized carbons (Fsp3) is 0.500. The summed E-state index contributed by atoms with van der Waals surface area (Å²) in [7, 11) is 0. The first-order chi connectivity index (χ1) is 12.6. The summed E-state index contributed by atoms with van der Waals surface area (Å²) in [6.07, 6.45) is 1.25. The normalized spacial score (nSPS) is 17.6. The van der Waals surface area contributed by atoms with Gasteiger partial charge in [0.2, 0.25) is 0 Å². The van der Waals surface area contributed by atoms with Gasteiger partial charge in [0.25, 0.3) is 0 Å². The van der Waals surface area contributed by atoms with Crippen molar-refractivity contribution in [1.82, 2.24) is 25.4 Å². The summed E-state index contributed by atoms with van der Waals surface area (Å²) < 4.78 is 1.96. The Morgan fingerprint density at radius 3 is 2.96 bits per heavy atom. The van der Waals surface area contributed by atoms with Crippen LogP contribution in [0.15, 0.2) is 29.3 Å². The quantitative estimate of drug-likeness (QED) is 0.331. The summed E-state index contributed by atoms with van der Waals surface area (Å²) >= 11 is 6.15. The van der Waals surface area contributed by atoms with Gasteiger partial charge in [0.15, 0.2) is 5.96 Å². The van der Waals surface area contributed by atoms with Crippen LogP contribution in [0.25, 0.3) is 0 Å². The first kappa shape index (κ1) is 21.9. The van der Waals surface area contributed by atoms with E-state index < -0.39 is 6.10 Å². The van der Waals surface area contributed by atoms with Gasteiger partial charge in [-0.25, -0.2) is 9.67 Å². The van der Waals surface area contributed by atoms with Crippen molar-refractivity contribution in [2.45, 2.75) is 45.4 Å². The number of aromatic nitrogens is 3. The molecule has 1 aromatic heterocycles. The van der Waals surface area contributed by atoms with E-state index in [-0.39, 0.29) is 36.6 Å². The molecule has 9 heteroatoms. The smallest absolute Gasteiger partial charge is 0.191 e. The molecule has 2 unspecified atom stereocenters. The molecule has 27 heavy (non-hydrogen) atoms. The lowest BCUT2D eigenvalue weighted by atomic mass is 10.1. The summed E-state index contributed by atoms with van der Waals surface area (Å²) in [6.45, 7) is 5.76. The fourth-order valence-corrected chi connectivity index (χ4v) is 3.37. The number of hydrogen-bond donors (Lipinski definition) is 3. The summed E-state index contributed by atoms with van der Waals surface area (Å²) in [4.78, 5) is 9.07. The second-order valence-electron chi connectivity index (χ2n) is 6.34. The number of aliphatic hydroxyl groups is 1. The van der Waals surface area contributed by atoms with E-state index in [1.54, 1.807) is 6.07 Å². The number of aryl methyl sites for hydroxylation is 2. The fourth-order valence-electron chi connectivity index (χ4n) is 3.11. The third-order valence-corrected chi connectivity index (χ3v) is 4.67. The molecule has 1 aliphatic heterocycles. The van der Waals surface area contributed by atoms with Gasteiger partial charge in [-0.05, 0) is 32.8 Å². The lowest BCUT2D eigenvalue weighted by molar-refractivity contribution is 0.187. The van der Waals surface area contributed by atoms with E-state index >= 15 is 0 Å². The second kappa shape index (κ2) is 10.2. The highest BCUT2D eigenvalue weighted by molar-refractivity contribution is 14.0. The number of nitrogens with one attached hydrogen (secondary N) is 2.